The van der Waals surface area contributed by atoms with Crippen molar-refractivity contribution in [3.05, 3.63) is 36.9 Å². The molecule has 0 aliphatic rings. The Morgan fingerprint density at radius 1 is 1.26 bits per heavy atom. The van der Waals surface area contributed by atoms with Gasteiger partial charge in [-0.1, -0.05) is 6.58 Å². The molecule has 0 spiro atoms. The topological polar surface area (TPSA) is 80.7 Å². The number of benzene rings is 1. The predicted octanol–water partition coefficient (Wildman–Crippen LogP) is 1.68. The van der Waals surface area contributed by atoms with Crippen LogP contribution in [0.15, 0.2) is 41.8 Å². The molecule has 0 saturated carbocycles. The van der Waals surface area contributed by atoms with Crippen molar-refractivity contribution < 1.29 is 23.1 Å². The lowest BCUT2D eigenvalue weighted by Crippen LogP contribution is -2.08. The molecule has 1 aromatic rings. The van der Waals surface area contributed by atoms with Crippen LogP contribution in [0.4, 0.5) is 0 Å². The van der Waals surface area contributed by atoms with Crippen molar-refractivity contribution in [1.82, 2.24) is 0 Å². The average Bonchev–Trinajstić information content (AvgIpc) is 2.38. The normalized spacial score (nSPS) is 10.9. The number of carbonyl (C=O) groups excluding carboxylic acids is 1. The van der Waals surface area contributed by atoms with E-state index in [9.17, 15) is 13.2 Å². The molecular formula is C13H16O5S. The highest BCUT2D eigenvalue weighted by Crippen LogP contribution is 2.16. The zero-order valence-electron chi connectivity index (χ0n) is 10.4. The smallest absolute Gasteiger partial charge is 0.330 e. The van der Waals surface area contributed by atoms with Gasteiger partial charge in [0, 0.05) is 6.08 Å². The van der Waals surface area contributed by atoms with E-state index >= 15 is 0 Å². The molecule has 0 bridgehead atoms. The fourth-order valence-electron chi connectivity index (χ4n) is 1.40. The maximum Gasteiger partial charge on any atom is 0.330 e. The second kappa shape index (κ2) is 6.94. The van der Waals surface area contributed by atoms with E-state index in [4.69, 9.17) is 9.84 Å². The SMILES string of the molecule is C=CC(=O)OCCCCS(=O)(=O)c1ccc(O)cc1. The van der Waals surface area contributed by atoms with Gasteiger partial charge in [0.25, 0.3) is 0 Å². The van der Waals surface area contributed by atoms with Gasteiger partial charge in [-0.25, -0.2) is 13.2 Å². The maximum absolute atomic E-state index is 11.9. The lowest BCUT2D eigenvalue weighted by molar-refractivity contribution is -0.137. The minimum atomic E-state index is -3.36. The first-order valence-electron chi connectivity index (χ1n) is 5.76. The van der Waals surface area contributed by atoms with Crippen LogP contribution in [0.1, 0.15) is 12.8 Å². The van der Waals surface area contributed by atoms with E-state index < -0.39 is 15.8 Å². The molecule has 0 radical (unpaired) electrons. The van der Waals surface area contributed by atoms with Gasteiger partial charge >= 0.3 is 5.97 Å². The first kappa shape index (κ1) is 15.2. The number of unbranched alkanes of at least 4 members (excludes halogenated alkanes) is 1. The first-order valence-corrected chi connectivity index (χ1v) is 7.42. The Kier molecular flexibility index (Phi) is 5.57. The van der Waals surface area contributed by atoms with Crippen molar-refractivity contribution >= 4 is 15.8 Å². The van der Waals surface area contributed by atoms with Gasteiger partial charge in [0.1, 0.15) is 5.75 Å². The molecule has 1 aromatic carbocycles. The molecule has 0 atom stereocenters. The molecule has 6 heteroatoms. The summed E-state index contributed by atoms with van der Waals surface area (Å²) in [5.41, 5.74) is 0. The van der Waals surface area contributed by atoms with Gasteiger partial charge in [-0.3, -0.25) is 0 Å². The highest BCUT2D eigenvalue weighted by atomic mass is 32.2. The van der Waals surface area contributed by atoms with Crippen LogP contribution in [-0.4, -0.2) is 31.9 Å². The summed E-state index contributed by atoms with van der Waals surface area (Å²) < 4.78 is 28.5. The van der Waals surface area contributed by atoms with Crippen LogP contribution < -0.4 is 0 Å². The van der Waals surface area contributed by atoms with Crippen molar-refractivity contribution in [2.75, 3.05) is 12.4 Å². The third kappa shape index (κ3) is 5.13. The summed E-state index contributed by atoms with van der Waals surface area (Å²) >= 11 is 0. The summed E-state index contributed by atoms with van der Waals surface area (Å²) in [6.07, 6.45) is 1.93. The average molecular weight is 284 g/mol. The molecular weight excluding hydrogens is 268 g/mol. The number of phenols is 1. The molecule has 0 heterocycles. The largest absolute Gasteiger partial charge is 0.508 e. The quantitative estimate of drug-likeness (QED) is 0.468. The second-order valence-corrected chi connectivity index (χ2v) is 6.00. The Hall–Kier alpha value is -1.82. The molecule has 0 fully saturated rings. The lowest BCUT2D eigenvalue weighted by atomic mass is 10.3. The Morgan fingerprint density at radius 3 is 2.47 bits per heavy atom. The molecule has 0 saturated heterocycles. The van der Waals surface area contributed by atoms with E-state index in [-0.39, 0.29) is 23.0 Å². The molecule has 0 aliphatic carbocycles. The maximum atomic E-state index is 11.9. The van der Waals surface area contributed by atoms with Crippen LogP contribution in [0.25, 0.3) is 0 Å². The predicted molar refractivity (Wildman–Crippen MR) is 70.5 cm³/mol. The van der Waals surface area contributed by atoms with Crippen molar-refractivity contribution in [1.29, 1.82) is 0 Å². The lowest BCUT2D eigenvalue weighted by Gasteiger charge is -2.05. The Labute approximate surface area is 112 Å². The number of sulfone groups is 1. The molecule has 104 valence electrons. The molecule has 0 aliphatic heterocycles. The zero-order valence-corrected chi connectivity index (χ0v) is 11.2. The minimum Gasteiger partial charge on any atom is -0.508 e. The number of phenolic OH excluding ortho intramolecular Hbond substituents is 1. The zero-order chi connectivity index (χ0) is 14.3. The standard InChI is InChI=1S/C13H16O5S/c1-2-13(15)18-9-3-4-10-19(16,17)12-7-5-11(14)6-8-12/h2,5-8,14H,1,3-4,9-10H2. The van der Waals surface area contributed by atoms with Crippen LogP contribution in [0, 0.1) is 0 Å². The molecule has 1 rings (SSSR count). The number of hydrogen-bond donors (Lipinski definition) is 1. The van der Waals surface area contributed by atoms with Crippen LogP contribution >= 0.6 is 0 Å². The third-order valence-electron chi connectivity index (χ3n) is 2.41. The van der Waals surface area contributed by atoms with E-state index in [0.717, 1.165) is 6.08 Å². The van der Waals surface area contributed by atoms with Gasteiger partial charge in [-0.2, -0.15) is 0 Å². The number of rotatable bonds is 7. The number of ether oxygens (including phenoxy) is 1. The first-order chi connectivity index (χ1) is 8.95. The fourth-order valence-corrected chi connectivity index (χ4v) is 2.77. The number of hydrogen-bond acceptors (Lipinski definition) is 5. The third-order valence-corrected chi connectivity index (χ3v) is 4.23. The van der Waals surface area contributed by atoms with Crippen LogP contribution in [0.2, 0.25) is 0 Å². The summed E-state index contributed by atoms with van der Waals surface area (Å²) in [5.74, 6) is -0.514. The van der Waals surface area contributed by atoms with E-state index in [0.29, 0.717) is 12.8 Å². The van der Waals surface area contributed by atoms with Gasteiger partial charge in [0.05, 0.1) is 17.3 Å². The number of carbonyl (C=O) groups is 1. The van der Waals surface area contributed by atoms with Crippen molar-refractivity contribution in [2.24, 2.45) is 0 Å². The van der Waals surface area contributed by atoms with Crippen molar-refractivity contribution in [3.63, 3.8) is 0 Å². The molecule has 0 aromatic heterocycles. The van der Waals surface area contributed by atoms with E-state index in [1.165, 1.54) is 24.3 Å². The molecule has 0 unspecified atom stereocenters. The second-order valence-electron chi connectivity index (χ2n) is 3.89. The fraction of sp³-hybridized carbons (Fsp3) is 0.308. The Balaban J connectivity index is 2.41. The van der Waals surface area contributed by atoms with Gasteiger partial charge < -0.3 is 9.84 Å². The van der Waals surface area contributed by atoms with Gasteiger partial charge in [0.2, 0.25) is 0 Å². The summed E-state index contributed by atoms with van der Waals surface area (Å²) in [6.45, 7) is 3.43. The molecule has 0 amide bonds. The minimum absolute atomic E-state index is 0.0234. The van der Waals surface area contributed by atoms with E-state index in [1.54, 1.807) is 0 Å². The Morgan fingerprint density at radius 2 is 1.89 bits per heavy atom. The van der Waals surface area contributed by atoms with Crippen LogP contribution in [0.3, 0.4) is 0 Å². The summed E-state index contributed by atoms with van der Waals surface area (Å²) in [5, 5.41) is 9.09. The highest BCUT2D eigenvalue weighted by Gasteiger charge is 2.13. The number of esters is 1. The molecule has 1 N–H and O–H groups in total. The van der Waals surface area contributed by atoms with E-state index in [1.807, 2.05) is 0 Å². The van der Waals surface area contributed by atoms with Gasteiger partial charge in [0.15, 0.2) is 9.84 Å². The summed E-state index contributed by atoms with van der Waals surface area (Å²) in [4.78, 5) is 10.9. The van der Waals surface area contributed by atoms with Crippen LogP contribution in [-0.2, 0) is 19.4 Å². The Bertz CT molecular complexity index is 531. The summed E-state index contributed by atoms with van der Waals surface area (Å²) in [6, 6.07) is 5.39. The monoisotopic (exact) mass is 284 g/mol. The molecule has 19 heavy (non-hydrogen) atoms. The van der Waals surface area contributed by atoms with Gasteiger partial charge in [-0.05, 0) is 37.1 Å². The van der Waals surface area contributed by atoms with Gasteiger partial charge in [-0.15, -0.1) is 0 Å². The van der Waals surface area contributed by atoms with Crippen molar-refractivity contribution in [2.45, 2.75) is 17.7 Å². The highest BCUT2D eigenvalue weighted by molar-refractivity contribution is 7.91. The van der Waals surface area contributed by atoms with Crippen molar-refractivity contribution in [3.8, 4) is 5.75 Å². The van der Waals surface area contributed by atoms with Crippen LogP contribution in [0.5, 0.6) is 5.75 Å². The molecule has 5 nitrogen and oxygen atoms in total. The number of aromatic hydroxyl groups is 1. The summed E-state index contributed by atoms with van der Waals surface area (Å²) in [7, 11) is -3.36. The van der Waals surface area contributed by atoms with E-state index in [2.05, 4.69) is 6.58 Å².